The van der Waals surface area contributed by atoms with Crippen molar-refractivity contribution in [2.45, 2.75) is 0 Å². The minimum Gasteiger partial charge on any atom is -0.727 e. The van der Waals surface area contributed by atoms with Crippen LogP contribution >= 0.6 is 0 Å². The molecule has 1 aromatic heterocycles. The number of hydrogen-bond donors (Lipinski definition) is 0. The van der Waals surface area contributed by atoms with Gasteiger partial charge in [-0.2, -0.15) is 0 Å². The van der Waals surface area contributed by atoms with Crippen molar-refractivity contribution in [2.24, 2.45) is 5.11 Å². The number of hydrogen-bond acceptors (Lipinski definition) is 3. The molecule has 0 aliphatic rings. The molecule has 0 spiro atoms. The summed E-state index contributed by atoms with van der Waals surface area (Å²) < 4.78 is 0. The van der Waals surface area contributed by atoms with E-state index in [2.05, 4.69) is 10.1 Å². The van der Waals surface area contributed by atoms with Crippen molar-refractivity contribution in [3.8, 4) is 0 Å². The Kier molecular flexibility index (Phi) is 8.43. The minimum absolute atomic E-state index is 0. The van der Waals surface area contributed by atoms with Crippen LogP contribution in [0.3, 0.4) is 0 Å². The first-order valence-corrected chi connectivity index (χ1v) is 2.56. The molecule has 0 unspecified atom stereocenters. The zero-order valence-electron chi connectivity index (χ0n) is 6.56. The molecule has 0 saturated heterocycles. The van der Waals surface area contributed by atoms with Crippen LogP contribution in [0.4, 0.5) is 5.69 Å². The monoisotopic (exact) mass is 237 g/mol. The molecule has 4 nitrogen and oxygen atoms in total. The molecule has 12 heavy (non-hydrogen) atoms. The van der Waals surface area contributed by atoms with Crippen molar-refractivity contribution in [1.29, 1.82) is 0 Å². The van der Waals surface area contributed by atoms with Crippen LogP contribution in [0.2, 0.25) is 0 Å². The van der Waals surface area contributed by atoms with Gasteiger partial charge >= 0.3 is 32.7 Å². The quantitative estimate of drug-likeness (QED) is 0.579. The van der Waals surface area contributed by atoms with E-state index < -0.39 is 0 Å². The Balaban J connectivity index is 0. The van der Waals surface area contributed by atoms with Crippen LogP contribution < -0.4 is 0 Å². The van der Waals surface area contributed by atoms with Gasteiger partial charge in [0.15, 0.2) is 0 Å². The van der Waals surface area contributed by atoms with E-state index in [9.17, 15) is 4.79 Å². The van der Waals surface area contributed by atoms with E-state index in [1.165, 1.54) is 18.5 Å². The van der Waals surface area contributed by atoms with Crippen LogP contribution in [0.5, 0.6) is 0 Å². The van der Waals surface area contributed by atoms with Crippen molar-refractivity contribution < 1.29 is 37.5 Å². The van der Waals surface area contributed by atoms with E-state index in [4.69, 9.17) is 5.53 Å². The first kappa shape index (κ1) is 14.1. The minimum atomic E-state index is 0. The summed E-state index contributed by atoms with van der Waals surface area (Å²) in [5.41, 5.74) is 8.41. The third-order valence-electron chi connectivity index (χ3n) is 0.991. The van der Waals surface area contributed by atoms with E-state index in [1.807, 2.05) is 0 Å². The molecule has 0 atom stereocenters. The average Bonchev–Trinajstić information content (AvgIpc) is 2.04. The predicted molar refractivity (Wildman–Crippen MR) is 40.9 cm³/mol. The Morgan fingerprint density at radius 1 is 1.58 bits per heavy atom. The molecule has 0 aromatic carbocycles. The summed E-state index contributed by atoms with van der Waals surface area (Å²) in [4.78, 5) is 13.6. The number of aromatic nitrogens is 1. The first-order chi connectivity index (χ1) is 4.88. The van der Waals surface area contributed by atoms with E-state index in [-0.39, 0.29) is 51.5 Å². The Bertz CT molecular complexity index is 238. The number of carbonyl (C=O) groups excluding carboxylic acids is 1. The molecule has 0 radical (unpaired) electrons. The van der Waals surface area contributed by atoms with Crippen LogP contribution in [0.15, 0.2) is 23.4 Å². The van der Waals surface area contributed by atoms with Gasteiger partial charge in [0.1, 0.15) is 0 Å². The molecule has 0 bridgehead atoms. The van der Waals surface area contributed by atoms with E-state index in [1.54, 1.807) is 6.07 Å². The fourth-order valence-electron chi connectivity index (χ4n) is 0.556. The van der Waals surface area contributed by atoms with E-state index in [0.29, 0.717) is 0 Å². The van der Waals surface area contributed by atoms with Gasteiger partial charge in [-0.15, -0.1) is 6.07 Å². The first-order valence-electron chi connectivity index (χ1n) is 2.56. The maximum atomic E-state index is 10.0. The van der Waals surface area contributed by atoms with E-state index >= 15 is 0 Å². The zero-order chi connectivity index (χ0) is 7.40. The van der Waals surface area contributed by atoms with Crippen molar-refractivity contribution in [2.75, 3.05) is 0 Å². The molecule has 0 saturated carbocycles. The summed E-state index contributed by atoms with van der Waals surface area (Å²) in [6, 6.07) is 3.03. The standard InChI is InChI=1S/C6H3N3O.CH3.Y/c7-9-5-2-1-3-8-6(5)4-10;;/h1-3H;1H3;/q-2;-1;+3. The molecule has 0 aliphatic heterocycles. The number of nitrogens with zero attached hydrogens (tertiary/aromatic N) is 3. The largest absolute Gasteiger partial charge is 3.00 e. The molecular weight excluding hydrogens is 231 g/mol. The van der Waals surface area contributed by atoms with Gasteiger partial charge in [0.25, 0.3) is 0 Å². The molecule has 1 aromatic rings. The molecular formula is C7H6N3OY. The van der Waals surface area contributed by atoms with Gasteiger partial charge < -0.3 is 22.9 Å². The summed E-state index contributed by atoms with van der Waals surface area (Å²) in [6.07, 6.45) is 2.96. The zero-order valence-corrected chi connectivity index (χ0v) is 9.40. The van der Waals surface area contributed by atoms with Crippen LogP contribution in [-0.2, 0) is 37.5 Å². The van der Waals surface area contributed by atoms with Gasteiger partial charge in [-0.3, -0.25) is 4.98 Å². The molecule has 1 rings (SSSR count). The SMILES string of the molecule is [CH3-].[N-]=Nc1cccnc1[C-]=O.[Y+3]. The Labute approximate surface area is 96.2 Å². The third-order valence-corrected chi connectivity index (χ3v) is 0.991. The molecule has 0 N–H and O–H groups in total. The topological polar surface area (TPSA) is 64.6 Å². The second-order valence-corrected chi connectivity index (χ2v) is 1.57. The molecule has 1 heterocycles. The fourth-order valence-corrected chi connectivity index (χ4v) is 0.556. The smallest absolute Gasteiger partial charge is 0.727 e. The van der Waals surface area contributed by atoms with Crippen LogP contribution in [0, 0.1) is 7.43 Å². The van der Waals surface area contributed by atoms with Crippen molar-refractivity contribution in [3.63, 3.8) is 0 Å². The molecule has 0 aliphatic carbocycles. The second kappa shape index (κ2) is 7.19. The van der Waals surface area contributed by atoms with Gasteiger partial charge in [-0.25, -0.2) is 0 Å². The number of pyridine rings is 1. The van der Waals surface area contributed by atoms with Crippen LogP contribution in [0.25, 0.3) is 5.53 Å². The predicted octanol–water partition coefficient (Wildman–Crippen LogP) is 1.64. The summed E-state index contributed by atoms with van der Waals surface area (Å²) in [6.45, 7) is 0. The Hall–Kier alpha value is -0.476. The van der Waals surface area contributed by atoms with Gasteiger partial charge in [0.05, 0.1) is 0 Å². The summed E-state index contributed by atoms with van der Waals surface area (Å²) >= 11 is 0. The fraction of sp³-hybridized carbons (Fsp3) is 0. The summed E-state index contributed by atoms with van der Waals surface area (Å²) in [5.74, 6) is 0. The normalized spacial score (nSPS) is 7.33. The molecule has 0 fully saturated rings. The van der Waals surface area contributed by atoms with E-state index in [0.717, 1.165) is 0 Å². The van der Waals surface area contributed by atoms with Crippen LogP contribution in [0.1, 0.15) is 5.69 Å². The maximum Gasteiger partial charge on any atom is 3.00 e. The van der Waals surface area contributed by atoms with Gasteiger partial charge in [0, 0.05) is 12.5 Å². The maximum absolute atomic E-state index is 10.0. The van der Waals surface area contributed by atoms with Crippen molar-refractivity contribution in [1.82, 2.24) is 4.98 Å². The van der Waals surface area contributed by atoms with Crippen molar-refractivity contribution in [3.05, 3.63) is 37.0 Å². The Morgan fingerprint density at radius 2 is 2.25 bits per heavy atom. The molecule has 0 amide bonds. The van der Waals surface area contributed by atoms with Crippen LogP contribution in [-0.4, -0.2) is 11.3 Å². The molecule has 5 heteroatoms. The molecule has 58 valence electrons. The van der Waals surface area contributed by atoms with Gasteiger partial charge in [-0.1, -0.05) is 11.8 Å². The Morgan fingerprint density at radius 3 is 2.67 bits per heavy atom. The average molecular weight is 237 g/mol. The third kappa shape index (κ3) is 3.28. The van der Waals surface area contributed by atoms with Gasteiger partial charge in [0.2, 0.25) is 0 Å². The number of rotatable bonds is 2. The van der Waals surface area contributed by atoms with Crippen molar-refractivity contribution >= 4 is 12.0 Å². The second-order valence-electron chi connectivity index (χ2n) is 1.57. The summed E-state index contributed by atoms with van der Waals surface area (Å²) in [7, 11) is 0. The van der Waals surface area contributed by atoms with Gasteiger partial charge in [-0.05, 0) is 5.69 Å². The summed E-state index contributed by atoms with van der Waals surface area (Å²) in [5, 5.41) is 2.82.